The van der Waals surface area contributed by atoms with Gasteiger partial charge in [0, 0.05) is 12.0 Å². The molecule has 110 valence electrons. The molecule has 2 aromatic carbocycles. The molecule has 0 aliphatic carbocycles. The smallest absolute Gasteiger partial charge is 0.183 e. The molecule has 1 saturated heterocycles. The molecular weight excluding hydrogens is 264 g/mol. The first-order chi connectivity index (χ1) is 10.4. The Labute approximate surface area is 125 Å². The van der Waals surface area contributed by atoms with Crippen LogP contribution in [0.4, 0.5) is 0 Å². The molecule has 0 saturated carbocycles. The molecule has 0 unspecified atom stereocenters. The van der Waals surface area contributed by atoms with Gasteiger partial charge in [-0.05, 0) is 24.1 Å². The largest absolute Gasteiger partial charge is 0.493 e. The maximum atomic E-state index is 5.77. The molecule has 0 N–H and O–H groups in total. The molecule has 0 spiro atoms. The first kappa shape index (κ1) is 14.1. The van der Waals surface area contributed by atoms with E-state index in [9.17, 15) is 0 Å². The van der Waals surface area contributed by atoms with Gasteiger partial charge in [0.1, 0.15) is 5.75 Å². The van der Waals surface area contributed by atoms with Crippen LogP contribution >= 0.6 is 0 Å². The summed E-state index contributed by atoms with van der Waals surface area (Å²) in [5.41, 5.74) is 2.34. The lowest BCUT2D eigenvalue weighted by atomic mass is 10.2. The van der Waals surface area contributed by atoms with E-state index in [-0.39, 0.29) is 6.29 Å². The summed E-state index contributed by atoms with van der Waals surface area (Å²) in [6.07, 6.45) is 1.66. The second-order valence-corrected chi connectivity index (χ2v) is 5.08. The number of benzene rings is 2. The predicted molar refractivity (Wildman–Crippen MR) is 81.3 cm³/mol. The molecule has 0 bridgehead atoms. The highest BCUT2D eigenvalue weighted by atomic mass is 16.7. The Hall–Kier alpha value is -1.84. The summed E-state index contributed by atoms with van der Waals surface area (Å²) < 4.78 is 16.9. The maximum Gasteiger partial charge on any atom is 0.183 e. The van der Waals surface area contributed by atoms with E-state index in [1.54, 1.807) is 0 Å². The number of rotatable bonds is 5. The van der Waals surface area contributed by atoms with Crippen LogP contribution in [0.2, 0.25) is 0 Å². The molecule has 1 heterocycles. The second kappa shape index (κ2) is 7.25. The Balaban J connectivity index is 1.50. The summed E-state index contributed by atoms with van der Waals surface area (Å²) >= 11 is 0. The molecule has 0 atom stereocenters. The third-order valence-electron chi connectivity index (χ3n) is 3.48. The van der Waals surface area contributed by atoms with Gasteiger partial charge in [-0.3, -0.25) is 0 Å². The zero-order valence-electron chi connectivity index (χ0n) is 12.0. The topological polar surface area (TPSA) is 27.7 Å². The lowest BCUT2D eigenvalue weighted by Gasteiger charge is -2.23. The highest BCUT2D eigenvalue weighted by Crippen LogP contribution is 2.24. The fourth-order valence-electron chi connectivity index (χ4n) is 2.33. The minimum atomic E-state index is -0.225. The molecule has 0 aromatic heterocycles. The molecule has 0 amide bonds. The van der Waals surface area contributed by atoms with Crippen molar-refractivity contribution in [2.24, 2.45) is 0 Å². The zero-order chi connectivity index (χ0) is 14.3. The van der Waals surface area contributed by atoms with E-state index < -0.39 is 0 Å². The van der Waals surface area contributed by atoms with E-state index in [0.717, 1.165) is 37.4 Å². The molecule has 3 heteroatoms. The molecule has 1 aliphatic rings. The van der Waals surface area contributed by atoms with Crippen molar-refractivity contribution in [1.29, 1.82) is 0 Å². The number of hydrogen-bond donors (Lipinski definition) is 0. The summed E-state index contributed by atoms with van der Waals surface area (Å²) in [4.78, 5) is 0. The van der Waals surface area contributed by atoms with E-state index in [2.05, 4.69) is 12.1 Å². The van der Waals surface area contributed by atoms with Gasteiger partial charge in [-0.25, -0.2) is 0 Å². The van der Waals surface area contributed by atoms with Crippen LogP contribution < -0.4 is 4.74 Å². The van der Waals surface area contributed by atoms with Gasteiger partial charge < -0.3 is 14.2 Å². The maximum absolute atomic E-state index is 5.77. The van der Waals surface area contributed by atoms with E-state index in [0.29, 0.717) is 6.61 Å². The summed E-state index contributed by atoms with van der Waals surface area (Å²) in [5, 5.41) is 0. The molecule has 0 radical (unpaired) electrons. The minimum Gasteiger partial charge on any atom is -0.493 e. The second-order valence-electron chi connectivity index (χ2n) is 5.08. The van der Waals surface area contributed by atoms with Crippen molar-refractivity contribution in [3.05, 3.63) is 65.7 Å². The zero-order valence-corrected chi connectivity index (χ0v) is 12.0. The van der Waals surface area contributed by atoms with Crippen LogP contribution in [0.15, 0.2) is 54.6 Å². The van der Waals surface area contributed by atoms with Gasteiger partial charge in [-0.2, -0.15) is 0 Å². The molecule has 21 heavy (non-hydrogen) atoms. The Kier molecular flexibility index (Phi) is 4.87. The van der Waals surface area contributed by atoms with Crippen molar-refractivity contribution in [3.63, 3.8) is 0 Å². The standard InChI is InChI=1S/C18H20O3/c1-2-5-15(6-3-1)11-14-19-17-9-7-16(8-10-17)18-20-12-4-13-21-18/h1-3,5-10,18H,4,11-14H2. The predicted octanol–water partition coefficient (Wildman–Crippen LogP) is 3.74. The van der Waals surface area contributed by atoms with Gasteiger partial charge in [-0.15, -0.1) is 0 Å². The first-order valence-corrected chi connectivity index (χ1v) is 7.42. The monoisotopic (exact) mass is 284 g/mol. The fourth-order valence-corrected chi connectivity index (χ4v) is 2.33. The number of ether oxygens (including phenoxy) is 3. The third kappa shape index (κ3) is 4.06. The normalized spacial score (nSPS) is 15.8. The summed E-state index contributed by atoms with van der Waals surface area (Å²) in [6.45, 7) is 2.21. The first-order valence-electron chi connectivity index (χ1n) is 7.42. The van der Waals surface area contributed by atoms with Crippen molar-refractivity contribution >= 4 is 0 Å². The van der Waals surface area contributed by atoms with Crippen molar-refractivity contribution in [3.8, 4) is 5.75 Å². The summed E-state index contributed by atoms with van der Waals surface area (Å²) in [5.74, 6) is 0.880. The van der Waals surface area contributed by atoms with Crippen LogP contribution in [0.3, 0.4) is 0 Å². The van der Waals surface area contributed by atoms with E-state index in [4.69, 9.17) is 14.2 Å². The molecule has 2 aromatic rings. The number of hydrogen-bond acceptors (Lipinski definition) is 3. The van der Waals surface area contributed by atoms with Gasteiger partial charge in [0.15, 0.2) is 6.29 Å². The van der Waals surface area contributed by atoms with Crippen LogP contribution in [0, 0.1) is 0 Å². The summed E-state index contributed by atoms with van der Waals surface area (Å²) in [6, 6.07) is 18.3. The van der Waals surface area contributed by atoms with Gasteiger partial charge >= 0.3 is 0 Å². The van der Waals surface area contributed by atoms with Gasteiger partial charge in [0.25, 0.3) is 0 Å². The van der Waals surface area contributed by atoms with Crippen LogP contribution in [0.25, 0.3) is 0 Å². The van der Waals surface area contributed by atoms with E-state index in [1.807, 2.05) is 42.5 Å². The molecule has 3 nitrogen and oxygen atoms in total. The van der Waals surface area contributed by atoms with Crippen LogP contribution in [-0.4, -0.2) is 19.8 Å². The van der Waals surface area contributed by atoms with Crippen molar-refractivity contribution < 1.29 is 14.2 Å². The lowest BCUT2D eigenvalue weighted by molar-refractivity contribution is -0.183. The van der Waals surface area contributed by atoms with E-state index in [1.165, 1.54) is 5.56 Å². The van der Waals surface area contributed by atoms with Gasteiger partial charge in [0.05, 0.1) is 19.8 Å². The SMILES string of the molecule is c1ccc(CCOc2ccc(C3OCCCO3)cc2)cc1. The van der Waals surface area contributed by atoms with E-state index >= 15 is 0 Å². The van der Waals surface area contributed by atoms with Crippen molar-refractivity contribution in [2.75, 3.05) is 19.8 Å². The van der Waals surface area contributed by atoms with Crippen LogP contribution in [0.1, 0.15) is 23.8 Å². The van der Waals surface area contributed by atoms with Crippen LogP contribution in [0.5, 0.6) is 5.75 Å². The van der Waals surface area contributed by atoms with Gasteiger partial charge in [0.2, 0.25) is 0 Å². The Bertz CT molecular complexity index is 530. The molecule has 3 rings (SSSR count). The van der Waals surface area contributed by atoms with Gasteiger partial charge in [-0.1, -0.05) is 42.5 Å². The summed E-state index contributed by atoms with van der Waals surface area (Å²) in [7, 11) is 0. The highest BCUT2D eigenvalue weighted by molar-refractivity contribution is 5.28. The highest BCUT2D eigenvalue weighted by Gasteiger charge is 2.16. The third-order valence-corrected chi connectivity index (χ3v) is 3.48. The van der Waals surface area contributed by atoms with Crippen molar-refractivity contribution in [2.45, 2.75) is 19.1 Å². The Morgan fingerprint density at radius 1 is 0.905 bits per heavy atom. The quantitative estimate of drug-likeness (QED) is 0.837. The average Bonchev–Trinajstić information content (AvgIpc) is 2.57. The molecular formula is C18H20O3. The van der Waals surface area contributed by atoms with Crippen LogP contribution in [-0.2, 0) is 15.9 Å². The lowest BCUT2D eigenvalue weighted by Crippen LogP contribution is -2.17. The Morgan fingerprint density at radius 2 is 1.62 bits per heavy atom. The Morgan fingerprint density at radius 3 is 2.33 bits per heavy atom. The minimum absolute atomic E-state index is 0.225. The fraction of sp³-hybridized carbons (Fsp3) is 0.333. The average molecular weight is 284 g/mol. The van der Waals surface area contributed by atoms with Crippen molar-refractivity contribution in [1.82, 2.24) is 0 Å². The molecule has 1 aliphatic heterocycles. The molecule has 1 fully saturated rings.